The second kappa shape index (κ2) is 5.88. The Balaban J connectivity index is 1.93. The number of nitrogens with two attached hydrogens (primary N) is 1. The summed E-state index contributed by atoms with van der Waals surface area (Å²) in [6.45, 7) is 0.564. The van der Waals surface area contributed by atoms with Crippen LogP contribution >= 0.6 is 11.3 Å². The molecule has 0 radical (unpaired) electrons. The molecule has 0 saturated carbocycles. The third-order valence-corrected chi connectivity index (χ3v) is 3.60. The molecule has 0 aromatic carbocycles. The van der Waals surface area contributed by atoms with Crippen LogP contribution in [0.5, 0.6) is 0 Å². The Morgan fingerprint density at radius 3 is 3.00 bits per heavy atom. The molecule has 5 nitrogen and oxygen atoms in total. The van der Waals surface area contributed by atoms with Gasteiger partial charge in [0.05, 0.1) is 5.01 Å². The van der Waals surface area contributed by atoms with Crippen LogP contribution < -0.4 is 5.73 Å². The van der Waals surface area contributed by atoms with Crippen molar-refractivity contribution in [2.75, 3.05) is 6.54 Å². The van der Waals surface area contributed by atoms with Crippen LogP contribution in [0.25, 0.3) is 0 Å². The fraction of sp³-hybridized carbons (Fsp3) is 0.417. The van der Waals surface area contributed by atoms with Crippen LogP contribution in [0, 0.1) is 0 Å². The van der Waals surface area contributed by atoms with E-state index in [-0.39, 0.29) is 5.78 Å². The number of hydrogen-bond acceptors (Lipinski definition) is 5. The minimum absolute atomic E-state index is 0.0671. The predicted molar refractivity (Wildman–Crippen MR) is 70.7 cm³/mol. The monoisotopic (exact) mass is 264 g/mol. The molecule has 0 spiro atoms. The number of hydrogen-bond donors (Lipinski definition) is 1. The molecule has 0 unspecified atom stereocenters. The molecule has 2 rings (SSSR count). The highest BCUT2D eigenvalue weighted by Crippen LogP contribution is 2.13. The number of aryl methyl sites for hydroxylation is 2. The van der Waals surface area contributed by atoms with Crippen LogP contribution in [0.15, 0.2) is 17.8 Å². The smallest absolute Gasteiger partial charge is 0.182 e. The van der Waals surface area contributed by atoms with Crippen molar-refractivity contribution in [2.45, 2.75) is 19.3 Å². The van der Waals surface area contributed by atoms with Crippen molar-refractivity contribution in [1.29, 1.82) is 0 Å². The van der Waals surface area contributed by atoms with E-state index in [2.05, 4.69) is 9.97 Å². The second-order valence-electron chi connectivity index (χ2n) is 4.04. The van der Waals surface area contributed by atoms with Crippen molar-refractivity contribution in [2.24, 2.45) is 12.8 Å². The number of aromatic nitrogens is 3. The van der Waals surface area contributed by atoms with E-state index in [0.29, 0.717) is 25.1 Å². The SMILES string of the molecule is Cn1ccnc1CCC(=O)c1csc(CCN)n1. The van der Waals surface area contributed by atoms with Gasteiger partial charge in [-0.3, -0.25) is 4.79 Å². The lowest BCUT2D eigenvalue weighted by atomic mass is 10.2. The lowest BCUT2D eigenvalue weighted by molar-refractivity contribution is 0.0977. The molecule has 2 N–H and O–H groups in total. The average Bonchev–Trinajstić information content (AvgIpc) is 2.96. The topological polar surface area (TPSA) is 73.8 Å². The van der Waals surface area contributed by atoms with Crippen molar-refractivity contribution in [3.05, 3.63) is 34.3 Å². The molecule has 0 aliphatic heterocycles. The first kappa shape index (κ1) is 12.9. The lowest BCUT2D eigenvalue weighted by Crippen LogP contribution is -2.06. The highest BCUT2D eigenvalue weighted by atomic mass is 32.1. The van der Waals surface area contributed by atoms with Crippen LogP contribution in [0.1, 0.15) is 27.7 Å². The Hall–Kier alpha value is -1.53. The zero-order valence-corrected chi connectivity index (χ0v) is 11.1. The highest BCUT2D eigenvalue weighted by Gasteiger charge is 2.11. The van der Waals surface area contributed by atoms with Gasteiger partial charge in [-0.25, -0.2) is 9.97 Å². The molecule has 2 aromatic rings. The van der Waals surface area contributed by atoms with Crippen molar-refractivity contribution >= 4 is 17.1 Å². The van der Waals surface area contributed by atoms with E-state index < -0.39 is 0 Å². The van der Waals surface area contributed by atoms with Crippen LogP contribution in [0.3, 0.4) is 0 Å². The lowest BCUT2D eigenvalue weighted by Gasteiger charge is -1.99. The normalized spacial score (nSPS) is 10.8. The fourth-order valence-electron chi connectivity index (χ4n) is 1.67. The maximum Gasteiger partial charge on any atom is 0.182 e. The summed E-state index contributed by atoms with van der Waals surface area (Å²) in [5.41, 5.74) is 6.01. The van der Waals surface area contributed by atoms with Gasteiger partial charge in [-0.2, -0.15) is 0 Å². The number of thiazole rings is 1. The molecule has 0 amide bonds. The van der Waals surface area contributed by atoms with Gasteiger partial charge in [0, 0.05) is 44.1 Å². The third-order valence-electron chi connectivity index (χ3n) is 2.69. The molecule has 96 valence electrons. The van der Waals surface area contributed by atoms with Gasteiger partial charge in [-0.15, -0.1) is 11.3 Å². The van der Waals surface area contributed by atoms with Gasteiger partial charge in [0.1, 0.15) is 11.5 Å². The van der Waals surface area contributed by atoms with Gasteiger partial charge in [0.2, 0.25) is 0 Å². The van der Waals surface area contributed by atoms with E-state index in [1.807, 2.05) is 23.2 Å². The average molecular weight is 264 g/mol. The molecule has 18 heavy (non-hydrogen) atoms. The molecule has 0 saturated heterocycles. The van der Waals surface area contributed by atoms with E-state index in [9.17, 15) is 4.79 Å². The number of carbonyl (C=O) groups is 1. The first-order valence-corrected chi connectivity index (χ1v) is 6.72. The standard InChI is InChI=1S/C12H16N4OS/c1-16-7-6-14-11(16)3-2-10(17)9-8-18-12(15-9)4-5-13/h6-8H,2-5,13H2,1H3. The summed E-state index contributed by atoms with van der Waals surface area (Å²) >= 11 is 1.50. The van der Waals surface area contributed by atoms with Gasteiger partial charge in [0.15, 0.2) is 5.78 Å². The van der Waals surface area contributed by atoms with Gasteiger partial charge in [0.25, 0.3) is 0 Å². The van der Waals surface area contributed by atoms with Crippen molar-refractivity contribution in [3.63, 3.8) is 0 Å². The summed E-state index contributed by atoms with van der Waals surface area (Å²) in [7, 11) is 1.93. The maximum absolute atomic E-state index is 11.9. The van der Waals surface area contributed by atoms with E-state index in [4.69, 9.17) is 5.73 Å². The Morgan fingerprint density at radius 1 is 1.50 bits per heavy atom. The molecular formula is C12H16N4OS. The molecule has 6 heteroatoms. The van der Waals surface area contributed by atoms with Crippen molar-refractivity contribution in [3.8, 4) is 0 Å². The maximum atomic E-state index is 11.9. The number of nitrogens with zero attached hydrogens (tertiary/aromatic N) is 3. The molecular weight excluding hydrogens is 248 g/mol. The first-order chi connectivity index (χ1) is 8.70. The highest BCUT2D eigenvalue weighted by molar-refractivity contribution is 7.09. The van der Waals surface area contributed by atoms with E-state index in [1.165, 1.54) is 11.3 Å². The van der Waals surface area contributed by atoms with E-state index in [1.54, 1.807) is 6.20 Å². The molecule has 2 heterocycles. The van der Waals surface area contributed by atoms with Crippen molar-refractivity contribution in [1.82, 2.24) is 14.5 Å². The Bertz CT molecular complexity index is 532. The summed E-state index contributed by atoms with van der Waals surface area (Å²) in [6.07, 6.45) is 5.43. The quantitative estimate of drug-likeness (QED) is 0.795. The van der Waals surface area contributed by atoms with Gasteiger partial charge < -0.3 is 10.3 Å². The molecule has 0 aliphatic rings. The molecule has 0 fully saturated rings. The third kappa shape index (κ3) is 3.02. The second-order valence-corrected chi connectivity index (χ2v) is 4.99. The summed E-state index contributed by atoms with van der Waals surface area (Å²) in [5.74, 6) is 0.985. The summed E-state index contributed by atoms with van der Waals surface area (Å²) in [4.78, 5) is 20.4. The van der Waals surface area contributed by atoms with Crippen molar-refractivity contribution < 1.29 is 4.79 Å². The molecule has 2 aromatic heterocycles. The zero-order valence-electron chi connectivity index (χ0n) is 10.3. The number of ketones is 1. The number of carbonyl (C=O) groups excluding carboxylic acids is 1. The Labute approximate surface area is 110 Å². The van der Waals surface area contributed by atoms with Gasteiger partial charge in [-0.1, -0.05) is 0 Å². The zero-order chi connectivity index (χ0) is 13.0. The van der Waals surface area contributed by atoms with Crippen LogP contribution in [-0.2, 0) is 19.9 Å². The van der Waals surface area contributed by atoms with Crippen LogP contribution in [-0.4, -0.2) is 26.9 Å². The molecule has 0 atom stereocenters. The van der Waals surface area contributed by atoms with E-state index >= 15 is 0 Å². The molecule has 0 aliphatic carbocycles. The van der Waals surface area contributed by atoms with Gasteiger partial charge >= 0.3 is 0 Å². The Kier molecular flexibility index (Phi) is 4.22. The van der Waals surface area contributed by atoms with E-state index in [0.717, 1.165) is 17.3 Å². The fourth-order valence-corrected chi connectivity index (χ4v) is 2.49. The van der Waals surface area contributed by atoms with Crippen LogP contribution in [0.2, 0.25) is 0 Å². The first-order valence-electron chi connectivity index (χ1n) is 5.84. The largest absolute Gasteiger partial charge is 0.338 e. The number of imidazole rings is 1. The minimum atomic E-state index is 0.0671. The predicted octanol–water partition coefficient (Wildman–Crippen LogP) is 1.19. The molecule has 0 bridgehead atoms. The summed E-state index contributed by atoms with van der Waals surface area (Å²) in [5, 5.41) is 2.74. The number of rotatable bonds is 6. The Morgan fingerprint density at radius 2 is 2.33 bits per heavy atom. The number of Topliss-reactive ketones (excluding diaryl/α,β-unsaturated/α-hetero) is 1. The summed E-state index contributed by atoms with van der Waals surface area (Å²) in [6, 6.07) is 0. The summed E-state index contributed by atoms with van der Waals surface area (Å²) < 4.78 is 1.92. The van der Waals surface area contributed by atoms with Gasteiger partial charge in [-0.05, 0) is 6.54 Å². The minimum Gasteiger partial charge on any atom is -0.338 e. The van der Waals surface area contributed by atoms with Crippen LogP contribution in [0.4, 0.5) is 0 Å².